The van der Waals surface area contributed by atoms with E-state index in [0.717, 1.165) is 48.1 Å². The average molecular weight is 520 g/mol. The van der Waals surface area contributed by atoms with Crippen molar-refractivity contribution in [2.24, 2.45) is 0 Å². The quantitative estimate of drug-likeness (QED) is 0.248. The Morgan fingerprint density at radius 3 is 2.74 bits per heavy atom. The van der Waals surface area contributed by atoms with Gasteiger partial charge in [-0.05, 0) is 51.2 Å². The first-order valence-corrected chi connectivity index (χ1v) is 12.4. The number of aryl methyl sites for hydroxylation is 1. The molecule has 4 aromatic rings. The van der Waals surface area contributed by atoms with Crippen molar-refractivity contribution >= 4 is 33.9 Å². The van der Waals surface area contributed by atoms with E-state index >= 15 is 0 Å². The predicted octanol–water partition coefficient (Wildman–Crippen LogP) is 4.84. The Kier molecular flexibility index (Phi) is 6.85. The second-order valence-corrected chi connectivity index (χ2v) is 9.65. The van der Waals surface area contributed by atoms with Crippen molar-refractivity contribution in [1.82, 2.24) is 19.4 Å². The number of nitrogens with one attached hydrogen (secondary N) is 1. The highest BCUT2D eigenvalue weighted by Crippen LogP contribution is 2.40. The van der Waals surface area contributed by atoms with E-state index in [2.05, 4.69) is 14.9 Å². The van der Waals surface area contributed by atoms with Crippen LogP contribution in [0.25, 0.3) is 22.2 Å². The SMILES string of the molecule is COc1cc(N(C)CCN(C)C)c([N+](=O)[O-])cc1Nc1nccc(-c2c3n(c4ccc(F)cc24)CCC3)n1. The third-order valence-electron chi connectivity index (χ3n) is 6.87. The molecule has 0 amide bonds. The summed E-state index contributed by atoms with van der Waals surface area (Å²) in [4.78, 5) is 24.5. The minimum atomic E-state index is -0.408. The summed E-state index contributed by atoms with van der Waals surface area (Å²) in [7, 11) is 7.23. The minimum Gasteiger partial charge on any atom is -0.494 e. The van der Waals surface area contributed by atoms with Gasteiger partial charge >= 0.3 is 0 Å². The summed E-state index contributed by atoms with van der Waals surface area (Å²) < 4.78 is 22.0. The molecule has 0 atom stereocenters. The van der Waals surface area contributed by atoms with E-state index in [1.165, 1.54) is 19.2 Å². The number of benzene rings is 2. The van der Waals surface area contributed by atoms with Gasteiger partial charge in [-0.2, -0.15) is 0 Å². The Labute approximate surface area is 219 Å². The highest BCUT2D eigenvalue weighted by atomic mass is 19.1. The molecule has 38 heavy (non-hydrogen) atoms. The maximum Gasteiger partial charge on any atom is 0.294 e. The second kappa shape index (κ2) is 10.3. The van der Waals surface area contributed by atoms with Crippen LogP contribution < -0.4 is 15.0 Å². The normalized spacial score (nSPS) is 12.7. The Morgan fingerprint density at radius 2 is 2.00 bits per heavy atom. The zero-order valence-corrected chi connectivity index (χ0v) is 21.9. The van der Waals surface area contributed by atoms with Crippen LogP contribution in [0.3, 0.4) is 0 Å². The van der Waals surface area contributed by atoms with Gasteiger partial charge in [0, 0.05) is 67.2 Å². The van der Waals surface area contributed by atoms with E-state index in [1.54, 1.807) is 24.4 Å². The molecule has 2 aromatic carbocycles. The number of halogens is 1. The molecule has 2 aromatic heterocycles. The smallest absolute Gasteiger partial charge is 0.294 e. The minimum absolute atomic E-state index is 0.0579. The van der Waals surface area contributed by atoms with Crippen molar-refractivity contribution in [2.75, 3.05) is 51.6 Å². The molecule has 0 radical (unpaired) electrons. The zero-order valence-electron chi connectivity index (χ0n) is 21.9. The molecule has 198 valence electrons. The van der Waals surface area contributed by atoms with E-state index < -0.39 is 4.92 Å². The molecule has 1 N–H and O–H groups in total. The van der Waals surface area contributed by atoms with Crippen LogP contribution in [0.2, 0.25) is 0 Å². The van der Waals surface area contributed by atoms with Crippen molar-refractivity contribution in [3.63, 3.8) is 0 Å². The number of hydrogen-bond donors (Lipinski definition) is 1. The number of fused-ring (bicyclic) bond motifs is 3. The number of anilines is 3. The Morgan fingerprint density at radius 1 is 1.18 bits per heavy atom. The maximum atomic E-state index is 14.2. The highest BCUT2D eigenvalue weighted by molar-refractivity contribution is 5.97. The zero-order chi connectivity index (χ0) is 27.0. The van der Waals surface area contributed by atoms with Gasteiger partial charge in [0.05, 0.1) is 23.4 Å². The van der Waals surface area contributed by atoms with Gasteiger partial charge in [0.2, 0.25) is 5.95 Å². The molecular formula is C27H30FN7O3. The first-order valence-electron chi connectivity index (χ1n) is 12.4. The summed E-state index contributed by atoms with van der Waals surface area (Å²) in [5, 5.41) is 15.9. The van der Waals surface area contributed by atoms with Crippen molar-refractivity contribution < 1.29 is 14.1 Å². The number of aromatic nitrogens is 3. The van der Waals surface area contributed by atoms with Gasteiger partial charge in [0.15, 0.2) is 0 Å². The fraction of sp³-hybridized carbons (Fsp3) is 0.333. The molecule has 0 spiro atoms. The van der Waals surface area contributed by atoms with Crippen LogP contribution >= 0.6 is 0 Å². The Hall–Kier alpha value is -4.25. The average Bonchev–Trinajstić information content (AvgIpc) is 3.47. The molecule has 0 aliphatic carbocycles. The van der Waals surface area contributed by atoms with E-state index in [-0.39, 0.29) is 17.5 Å². The number of methoxy groups -OCH3 is 1. The summed E-state index contributed by atoms with van der Waals surface area (Å²) in [6.45, 7) is 2.22. The predicted molar refractivity (Wildman–Crippen MR) is 146 cm³/mol. The third-order valence-corrected chi connectivity index (χ3v) is 6.87. The summed E-state index contributed by atoms with van der Waals surface area (Å²) in [5.74, 6) is 0.378. The molecule has 10 nitrogen and oxygen atoms in total. The van der Waals surface area contributed by atoms with Crippen LogP contribution in [0.5, 0.6) is 5.75 Å². The van der Waals surface area contributed by atoms with Crippen LogP contribution in [0.15, 0.2) is 42.6 Å². The molecule has 0 unspecified atom stereocenters. The first kappa shape index (κ1) is 25.4. The van der Waals surface area contributed by atoms with E-state index in [0.29, 0.717) is 29.4 Å². The standard InChI is InChI=1S/C27H30FN7O3/c1-32(2)12-13-33(3)23-16-25(38-4)20(15-24(23)35(36)37)31-27-29-10-9-19(30-27)26-18-14-17(28)7-8-21(18)34-11-5-6-22(26)34/h7-10,14-16H,5-6,11-13H2,1-4H3,(H,29,30,31). The molecular weight excluding hydrogens is 489 g/mol. The van der Waals surface area contributed by atoms with Crippen LogP contribution in [-0.2, 0) is 13.0 Å². The lowest BCUT2D eigenvalue weighted by molar-refractivity contribution is -0.384. The van der Waals surface area contributed by atoms with E-state index in [4.69, 9.17) is 9.72 Å². The van der Waals surface area contributed by atoms with Gasteiger partial charge in [-0.15, -0.1) is 0 Å². The van der Waals surface area contributed by atoms with Crippen LogP contribution in [-0.4, -0.2) is 65.7 Å². The van der Waals surface area contributed by atoms with Crippen LogP contribution in [0, 0.1) is 15.9 Å². The molecule has 5 rings (SSSR count). The van der Waals surface area contributed by atoms with Gasteiger partial charge < -0.3 is 24.4 Å². The largest absolute Gasteiger partial charge is 0.494 e. The molecule has 1 aliphatic rings. The molecule has 1 aliphatic heterocycles. The molecule has 3 heterocycles. The van der Waals surface area contributed by atoms with Gasteiger partial charge in [-0.1, -0.05) is 0 Å². The maximum absolute atomic E-state index is 14.2. The first-order chi connectivity index (χ1) is 18.3. The second-order valence-electron chi connectivity index (χ2n) is 9.65. The Bertz CT molecular complexity index is 1520. The van der Waals surface area contributed by atoms with Gasteiger partial charge in [-0.25, -0.2) is 14.4 Å². The summed E-state index contributed by atoms with van der Waals surface area (Å²) >= 11 is 0. The topological polar surface area (TPSA) is 102 Å². The van der Waals surface area contributed by atoms with Crippen molar-refractivity contribution in [1.29, 1.82) is 0 Å². The third kappa shape index (κ3) is 4.72. The van der Waals surface area contributed by atoms with Crippen LogP contribution in [0.1, 0.15) is 12.1 Å². The van der Waals surface area contributed by atoms with Crippen LogP contribution in [0.4, 0.5) is 27.4 Å². The number of nitro groups is 1. The molecule has 0 saturated carbocycles. The number of nitro benzene ring substituents is 1. The molecule has 0 fully saturated rings. The molecule has 0 saturated heterocycles. The number of ether oxygens (including phenoxy) is 1. The lowest BCUT2D eigenvalue weighted by Crippen LogP contribution is -2.28. The Balaban J connectivity index is 1.53. The molecule has 11 heteroatoms. The fourth-order valence-corrected chi connectivity index (χ4v) is 5.01. The fourth-order valence-electron chi connectivity index (χ4n) is 5.01. The lowest BCUT2D eigenvalue weighted by atomic mass is 10.0. The lowest BCUT2D eigenvalue weighted by Gasteiger charge is -2.22. The summed E-state index contributed by atoms with van der Waals surface area (Å²) in [6, 6.07) is 9.72. The number of nitrogens with zero attached hydrogens (tertiary/aromatic N) is 6. The summed E-state index contributed by atoms with van der Waals surface area (Å²) in [6.07, 6.45) is 3.52. The van der Waals surface area contributed by atoms with Gasteiger partial charge in [0.1, 0.15) is 17.3 Å². The molecule has 0 bridgehead atoms. The summed E-state index contributed by atoms with van der Waals surface area (Å²) in [5.41, 5.74) is 4.41. The van der Waals surface area contributed by atoms with Crippen molar-refractivity contribution in [3.05, 3.63) is 64.2 Å². The number of likely N-dealkylation sites (N-methyl/N-ethyl adjacent to an activating group) is 2. The number of rotatable bonds is 9. The van der Waals surface area contributed by atoms with E-state index in [1.807, 2.05) is 37.0 Å². The van der Waals surface area contributed by atoms with Gasteiger partial charge in [0.25, 0.3) is 5.69 Å². The number of hydrogen-bond acceptors (Lipinski definition) is 8. The van der Waals surface area contributed by atoms with E-state index in [9.17, 15) is 14.5 Å². The monoisotopic (exact) mass is 519 g/mol. The van der Waals surface area contributed by atoms with Crippen molar-refractivity contribution in [3.8, 4) is 17.0 Å². The highest BCUT2D eigenvalue weighted by Gasteiger charge is 2.25. The van der Waals surface area contributed by atoms with Gasteiger partial charge in [-0.3, -0.25) is 10.1 Å². The van der Waals surface area contributed by atoms with Crippen molar-refractivity contribution in [2.45, 2.75) is 19.4 Å².